The molecular weight excluding hydrogens is 463 g/mol. The molecule has 1 aliphatic rings. The van der Waals surface area contributed by atoms with Crippen LogP contribution in [0.15, 0.2) is 85.2 Å². The van der Waals surface area contributed by atoms with Crippen molar-refractivity contribution in [1.29, 1.82) is 0 Å². The zero-order chi connectivity index (χ0) is 22.2. The first-order chi connectivity index (χ1) is 15.5. The van der Waals surface area contributed by atoms with E-state index in [1.807, 2.05) is 64.2 Å². The van der Waals surface area contributed by atoms with Crippen LogP contribution in [-0.4, -0.2) is 19.8 Å². The van der Waals surface area contributed by atoms with Crippen molar-refractivity contribution < 1.29 is 5.11 Å². The van der Waals surface area contributed by atoms with Gasteiger partial charge in [0, 0.05) is 23.1 Å². The van der Waals surface area contributed by atoms with Crippen LogP contribution < -0.4 is 10.2 Å². The van der Waals surface area contributed by atoms with Crippen molar-refractivity contribution >= 4 is 46.2 Å². The molecule has 4 aromatic rings. The van der Waals surface area contributed by atoms with Crippen LogP contribution in [-0.2, 0) is 0 Å². The van der Waals surface area contributed by atoms with E-state index >= 15 is 0 Å². The van der Waals surface area contributed by atoms with Crippen molar-refractivity contribution in [1.82, 2.24) is 14.9 Å². The van der Waals surface area contributed by atoms with Crippen LogP contribution in [0.2, 0.25) is 10.0 Å². The van der Waals surface area contributed by atoms with Crippen molar-refractivity contribution in [3.8, 4) is 11.4 Å². The van der Waals surface area contributed by atoms with Gasteiger partial charge in [-0.25, -0.2) is 0 Å². The summed E-state index contributed by atoms with van der Waals surface area (Å²) in [5.41, 5.74) is 3.18. The van der Waals surface area contributed by atoms with Gasteiger partial charge in [-0.3, -0.25) is 4.98 Å². The molecule has 0 unspecified atom stereocenters. The second kappa shape index (κ2) is 8.47. The Bertz CT molecular complexity index is 1290. The minimum Gasteiger partial charge on any atom is -0.506 e. The van der Waals surface area contributed by atoms with Crippen LogP contribution in [0.4, 0.5) is 5.69 Å². The first kappa shape index (κ1) is 20.8. The number of thiocarbonyl (C=S) groups is 1. The standard InChI is InChI=1S/C24H18Cl2N4OS/c25-15-10-11-18(16(26)14-15)29-13-5-8-20(29)23-22(17-6-3-4-12-27-17)28-24(32)30(23)19-7-1-2-9-21(19)31/h1-14,22-23,31H,(H,28,32)/t22-,23-/m0/s1. The highest BCUT2D eigenvalue weighted by Crippen LogP contribution is 2.45. The number of phenolic OH excluding ortho intramolecular Hbond substituents is 1. The number of phenols is 1. The third-order valence-corrected chi connectivity index (χ3v) is 6.34. The van der Waals surface area contributed by atoms with Crippen molar-refractivity contribution in [2.24, 2.45) is 0 Å². The zero-order valence-electron chi connectivity index (χ0n) is 16.7. The fourth-order valence-corrected chi connectivity index (χ4v) is 4.95. The van der Waals surface area contributed by atoms with E-state index in [0.29, 0.717) is 20.8 Å². The van der Waals surface area contributed by atoms with Gasteiger partial charge in [-0.2, -0.15) is 0 Å². The summed E-state index contributed by atoms with van der Waals surface area (Å²) in [4.78, 5) is 6.50. The van der Waals surface area contributed by atoms with Gasteiger partial charge in [0.15, 0.2) is 5.11 Å². The van der Waals surface area contributed by atoms with Crippen LogP contribution >= 0.6 is 35.4 Å². The molecule has 32 heavy (non-hydrogen) atoms. The maximum atomic E-state index is 10.6. The van der Waals surface area contributed by atoms with Crippen molar-refractivity contribution in [3.05, 3.63) is 107 Å². The van der Waals surface area contributed by atoms with Gasteiger partial charge in [-0.05, 0) is 66.8 Å². The van der Waals surface area contributed by atoms with Gasteiger partial charge >= 0.3 is 0 Å². The van der Waals surface area contributed by atoms with E-state index in [4.69, 9.17) is 35.4 Å². The summed E-state index contributed by atoms with van der Waals surface area (Å²) in [6.07, 6.45) is 3.71. The molecule has 0 saturated carbocycles. The average molecular weight is 481 g/mol. The van der Waals surface area contributed by atoms with Crippen LogP contribution in [0.3, 0.4) is 0 Å². The molecule has 0 aliphatic carbocycles. The van der Waals surface area contributed by atoms with Gasteiger partial charge in [0.25, 0.3) is 0 Å². The summed E-state index contributed by atoms with van der Waals surface area (Å²) in [6.45, 7) is 0. The molecule has 2 aromatic heterocycles. The molecular formula is C24H18Cl2N4OS. The van der Waals surface area contributed by atoms with Gasteiger partial charge in [0.05, 0.1) is 28.1 Å². The monoisotopic (exact) mass is 480 g/mol. The molecule has 1 fully saturated rings. The van der Waals surface area contributed by atoms with E-state index in [9.17, 15) is 5.11 Å². The summed E-state index contributed by atoms with van der Waals surface area (Å²) in [5, 5.41) is 15.6. The fraction of sp³-hybridized carbons (Fsp3) is 0.0833. The lowest BCUT2D eigenvalue weighted by Gasteiger charge is -2.29. The number of nitrogens with one attached hydrogen (secondary N) is 1. The van der Waals surface area contributed by atoms with Gasteiger partial charge in [-0.1, -0.05) is 41.4 Å². The number of hydrogen-bond donors (Lipinski definition) is 2. The second-order valence-electron chi connectivity index (χ2n) is 7.38. The number of anilines is 1. The number of nitrogens with zero attached hydrogens (tertiary/aromatic N) is 3. The summed E-state index contributed by atoms with van der Waals surface area (Å²) < 4.78 is 2.02. The first-order valence-electron chi connectivity index (χ1n) is 9.96. The minimum atomic E-state index is -0.299. The molecule has 5 nitrogen and oxygen atoms in total. The normalized spacial score (nSPS) is 18.1. The number of para-hydroxylation sites is 2. The highest BCUT2D eigenvalue weighted by Gasteiger charge is 2.43. The molecule has 5 rings (SSSR count). The minimum absolute atomic E-state index is 0.144. The van der Waals surface area contributed by atoms with E-state index in [1.54, 1.807) is 30.5 Å². The fourth-order valence-electron chi connectivity index (χ4n) is 4.11. The van der Waals surface area contributed by atoms with Crippen LogP contribution in [0.1, 0.15) is 23.5 Å². The number of rotatable bonds is 4. The lowest BCUT2D eigenvalue weighted by atomic mass is 10.0. The van der Waals surface area contributed by atoms with Crippen LogP contribution in [0.5, 0.6) is 5.75 Å². The first-order valence-corrected chi connectivity index (χ1v) is 11.1. The predicted octanol–water partition coefficient (Wildman–Crippen LogP) is 6.06. The third-order valence-electron chi connectivity index (χ3n) is 5.49. The quantitative estimate of drug-likeness (QED) is 0.347. The summed E-state index contributed by atoms with van der Waals surface area (Å²) >= 11 is 18.4. The SMILES string of the molecule is Oc1ccccc1N1C(=S)N[C@@H](c2ccccn2)[C@@H]1c1cccn1-c1ccc(Cl)cc1Cl. The second-order valence-corrected chi connectivity index (χ2v) is 8.61. The molecule has 2 N–H and O–H groups in total. The molecule has 1 saturated heterocycles. The van der Waals surface area contributed by atoms with Crippen molar-refractivity contribution in [2.75, 3.05) is 4.90 Å². The van der Waals surface area contributed by atoms with Gasteiger partial charge in [-0.15, -0.1) is 0 Å². The Morgan fingerprint density at radius 3 is 2.50 bits per heavy atom. The Balaban J connectivity index is 1.70. The molecule has 0 bridgehead atoms. The Morgan fingerprint density at radius 1 is 0.938 bits per heavy atom. The highest BCUT2D eigenvalue weighted by molar-refractivity contribution is 7.80. The van der Waals surface area contributed by atoms with Gasteiger partial charge in [0.2, 0.25) is 0 Å². The molecule has 2 aromatic carbocycles. The summed E-state index contributed by atoms with van der Waals surface area (Å²) in [6, 6.07) is 21.8. The van der Waals surface area contributed by atoms with Crippen molar-refractivity contribution in [3.63, 3.8) is 0 Å². The Labute approximate surface area is 200 Å². The van der Waals surface area contributed by atoms with E-state index in [1.165, 1.54) is 0 Å². The molecule has 3 heterocycles. The predicted molar refractivity (Wildman–Crippen MR) is 132 cm³/mol. The number of benzene rings is 2. The van der Waals surface area contributed by atoms with Gasteiger partial charge < -0.3 is 19.9 Å². The number of halogens is 2. The lowest BCUT2D eigenvalue weighted by Crippen LogP contribution is -2.30. The third kappa shape index (κ3) is 3.60. The molecule has 1 aliphatic heterocycles. The maximum Gasteiger partial charge on any atom is 0.174 e. The number of aromatic nitrogens is 2. The number of pyridine rings is 1. The number of aromatic hydroxyl groups is 1. The van der Waals surface area contributed by atoms with E-state index in [0.717, 1.165) is 17.1 Å². The van der Waals surface area contributed by atoms with Crippen LogP contribution in [0.25, 0.3) is 5.69 Å². The maximum absolute atomic E-state index is 10.6. The zero-order valence-corrected chi connectivity index (χ0v) is 19.0. The topological polar surface area (TPSA) is 53.3 Å². The number of hydrogen-bond acceptors (Lipinski definition) is 3. The Morgan fingerprint density at radius 2 is 1.75 bits per heavy atom. The van der Waals surface area contributed by atoms with Crippen LogP contribution in [0, 0.1) is 0 Å². The summed E-state index contributed by atoms with van der Waals surface area (Å²) in [5.74, 6) is 0.144. The molecule has 0 radical (unpaired) electrons. The molecule has 8 heteroatoms. The Hall–Kier alpha value is -3.06. The Kier molecular flexibility index (Phi) is 5.51. The van der Waals surface area contributed by atoms with E-state index < -0.39 is 0 Å². The van der Waals surface area contributed by atoms with E-state index in [-0.39, 0.29) is 17.8 Å². The molecule has 2 atom stereocenters. The largest absolute Gasteiger partial charge is 0.506 e. The van der Waals surface area contributed by atoms with Crippen molar-refractivity contribution in [2.45, 2.75) is 12.1 Å². The summed E-state index contributed by atoms with van der Waals surface area (Å²) in [7, 11) is 0. The smallest absolute Gasteiger partial charge is 0.174 e. The average Bonchev–Trinajstić information content (AvgIpc) is 3.39. The molecule has 0 spiro atoms. The van der Waals surface area contributed by atoms with E-state index in [2.05, 4.69) is 10.3 Å². The highest BCUT2D eigenvalue weighted by atomic mass is 35.5. The molecule has 0 amide bonds. The lowest BCUT2D eigenvalue weighted by molar-refractivity contribution is 0.472. The molecule has 160 valence electrons. The van der Waals surface area contributed by atoms with Gasteiger partial charge in [0.1, 0.15) is 11.8 Å².